The molecule has 0 saturated carbocycles. The number of fused-ring (bicyclic) bond motifs is 1. The van der Waals surface area contributed by atoms with Crippen molar-refractivity contribution in [3.63, 3.8) is 0 Å². The fraction of sp³-hybridized carbons (Fsp3) is 0.567. The van der Waals surface area contributed by atoms with Gasteiger partial charge in [0.2, 0.25) is 5.91 Å². The SMILES string of the molecule is CCCOC(=O)c1ccc(C(=O)N2CCN(C(C)=O)CC2)c(-n2nc(CC)c3c2CC2(CCOCC2)CNC3=O)c1. The molecule has 1 N–H and O–H groups in total. The van der Waals surface area contributed by atoms with Crippen LogP contribution in [0, 0.1) is 5.41 Å². The van der Waals surface area contributed by atoms with Gasteiger partial charge in [-0.15, -0.1) is 0 Å². The van der Waals surface area contributed by atoms with Gasteiger partial charge in [-0.3, -0.25) is 14.4 Å². The Hall–Kier alpha value is -3.73. The Balaban J connectivity index is 1.61. The van der Waals surface area contributed by atoms with Crippen LogP contribution in [0.15, 0.2) is 18.2 Å². The number of piperazine rings is 1. The highest BCUT2D eigenvalue weighted by atomic mass is 16.5. The molecule has 3 aliphatic rings. The summed E-state index contributed by atoms with van der Waals surface area (Å²) in [6.45, 7) is 9.20. The molecule has 3 amide bonds. The number of nitrogens with zero attached hydrogens (tertiary/aromatic N) is 4. The summed E-state index contributed by atoms with van der Waals surface area (Å²) in [4.78, 5) is 55.6. The minimum absolute atomic E-state index is 0.0145. The second kappa shape index (κ2) is 12.0. The fourth-order valence-electron chi connectivity index (χ4n) is 6.00. The molecule has 0 bridgehead atoms. The minimum atomic E-state index is -0.477. The van der Waals surface area contributed by atoms with Crippen molar-refractivity contribution < 1.29 is 28.7 Å². The maximum Gasteiger partial charge on any atom is 0.338 e. The molecule has 11 heteroatoms. The zero-order valence-electron chi connectivity index (χ0n) is 24.2. The van der Waals surface area contributed by atoms with E-state index in [1.54, 1.807) is 32.7 Å². The van der Waals surface area contributed by atoms with Gasteiger partial charge < -0.3 is 24.6 Å². The zero-order valence-corrected chi connectivity index (χ0v) is 24.2. The van der Waals surface area contributed by atoms with E-state index < -0.39 is 5.97 Å². The van der Waals surface area contributed by atoms with Crippen molar-refractivity contribution >= 4 is 23.7 Å². The van der Waals surface area contributed by atoms with Gasteiger partial charge in [0.1, 0.15) is 0 Å². The Labute approximate surface area is 240 Å². The molecule has 3 aliphatic heterocycles. The highest BCUT2D eigenvalue weighted by Gasteiger charge is 2.40. The summed E-state index contributed by atoms with van der Waals surface area (Å²) in [6, 6.07) is 4.91. The maximum absolute atomic E-state index is 14.0. The molecule has 4 heterocycles. The highest BCUT2D eigenvalue weighted by molar-refractivity contribution is 6.01. The monoisotopic (exact) mass is 565 g/mol. The van der Waals surface area contributed by atoms with Crippen molar-refractivity contribution in [1.29, 1.82) is 0 Å². The number of ether oxygens (including phenoxy) is 2. The van der Waals surface area contributed by atoms with E-state index in [1.165, 1.54) is 6.92 Å². The van der Waals surface area contributed by atoms with Crippen LogP contribution in [0.3, 0.4) is 0 Å². The second-order valence-corrected chi connectivity index (χ2v) is 11.2. The van der Waals surface area contributed by atoms with Crippen molar-refractivity contribution in [3.8, 4) is 5.69 Å². The van der Waals surface area contributed by atoms with Crippen molar-refractivity contribution in [2.75, 3.05) is 52.5 Å². The van der Waals surface area contributed by atoms with Gasteiger partial charge in [-0.05, 0) is 55.7 Å². The molecule has 0 atom stereocenters. The Morgan fingerprint density at radius 1 is 1.07 bits per heavy atom. The molecule has 2 fully saturated rings. The first-order valence-electron chi connectivity index (χ1n) is 14.6. The number of rotatable bonds is 6. The van der Waals surface area contributed by atoms with Gasteiger partial charge in [-0.2, -0.15) is 5.10 Å². The van der Waals surface area contributed by atoms with E-state index in [0.717, 1.165) is 18.5 Å². The first-order valence-corrected chi connectivity index (χ1v) is 14.6. The third-order valence-corrected chi connectivity index (χ3v) is 8.48. The van der Waals surface area contributed by atoms with Crippen LogP contribution in [0.1, 0.15) is 82.5 Å². The topological polar surface area (TPSA) is 123 Å². The van der Waals surface area contributed by atoms with Gasteiger partial charge in [0.25, 0.3) is 11.8 Å². The van der Waals surface area contributed by atoms with E-state index in [4.69, 9.17) is 14.6 Å². The third-order valence-electron chi connectivity index (χ3n) is 8.48. The molecule has 11 nitrogen and oxygen atoms in total. The third kappa shape index (κ3) is 5.72. The van der Waals surface area contributed by atoms with E-state index >= 15 is 0 Å². The number of esters is 1. The number of carbonyl (C=O) groups is 4. The average Bonchev–Trinajstić information content (AvgIpc) is 3.29. The van der Waals surface area contributed by atoms with Crippen molar-refractivity contribution in [1.82, 2.24) is 24.9 Å². The van der Waals surface area contributed by atoms with E-state index in [1.807, 2.05) is 13.8 Å². The number of aromatic nitrogens is 2. The average molecular weight is 566 g/mol. The molecule has 0 aliphatic carbocycles. The van der Waals surface area contributed by atoms with Crippen LogP contribution in [0.25, 0.3) is 5.69 Å². The Bertz CT molecular complexity index is 1340. The Morgan fingerprint density at radius 3 is 2.44 bits per heavy atom. The Morgan fingerprint density at radius 2 is 1.78 bits per heavy atom. The normalized spacial score (nSPS) is 18.5. The van der Waals surface area contributed by atoms with E-state index in [2.05, 4.69) is 5.32 Å². The smallest absolute Gasteiger partial charge is 0.338 e. The highest BCUT2D eigenvalue weighted by Crippen LogP contribution is 2.38. The molecular formula is C30H39N5O6. The second-order valence-electron chi connectivity index (χ2n) is 11.2. The number of benzene rings is 1. The standard InChI is InChI=1S/C30H39N5O6/c1-4-14-41-29(39)21-6-7-22(28(38)34-12-10-33(11-13-34)20(3)36)24(17-21)35-25-18-30(8-15-40-16-9-30)19-31-27(37)26(25)23(5-2)32-35/h6-7,17H,4-5,8-16,18-19H2,1-3H3,(H,31,37). The van der Waals surface area contributed by atoms with Crippen molar-refractivity contribution in [3.05, 3.63) is 46.3 Å². The summed E-state index contributed by atoms with van der Waals surface area (Å²) in [5.41, 5.74) is 2.89. The van der Waals surface area contributed by atoms with E-state index in [9.17, 15) is 19.2 Å². The van der Waals surface area contributed by atoms with Crippen LogP contribution in [0.4, 0.5) is 0 Å². The van der Waals surface area contributed by atoms with Gasteiger partial charge >= 0.3 is 5.97 Å². The molecular weight excluding hydrogens is 526 g/mol. The van der Waals surface area contributed by atoms with Gasteiger partial charge in [0.05, 0.1) is 40.4 Å². The molecule has 1 aromatic heterocycles. The lowest BCUT2D eigenvalue weighted by molar-refractivity contribution is -0.130. The molecule has 0 radical (unpaired) electrons. The summed E-state index contributed by atoms with van der Waals surface area (Å²) < 4.78 is 12.8. The predicted molar refractivity (Wildman–Crippen MR) is 150 cm³/mol. The number of carbonyl (C=O) groups excluding carboxylic acids is 4. The molecule has 2 saturated heterocycles. The Kier molecular flexibility index (Phi) is 8.44. The summed E-state index contributed by atoms with van der Waals surface area (Å²) in [6.07, 6.45) is 3.42. The van der Waals surface area contributed by atoms with Crippen molar-refractivity contribution in [2.45, 2.75) is 52.9 Å². The maximum atomic E-state index is 14.0. The summed E-state index contributed by atoms with van der Waals surface area (Å²) >= 11 is 0. The number of hydrogen-bond donors (Lipinski definition) is 1. The number of amides is 3. The van der Waals surface area contributed by atoms with Gasteiger partial charge in [0, 0.05) is 52.9 Å². The van der Waals surface area contributed by atoms with Crippen LogP contribution in [0.5, 0.6) is 0 Å². The fourth-order valence-corrected chi connectivity index (χ4v) is 6.00. The molecule has 41 heavy (non-hydrogen) atoms. The molecule has 1 spiro atoms. The van der Waals surface area contributed by atoms with Crippen LogP contribution in [-0.2, 0) is 27.1 Å². The van der Waals surface area contributed by atoms with Gasteiger partial charge in [0.15, 0.2) is 0 Å². The first kappa shape index (κ1) is 28.8. The van der Waals surface area contributed by atoms with Crippen molar-refractivity contribution in [2.24, 2.45) is 5.41 Å². The zero-order chi connectivity index (χ0) is 29.1. The largest absolute Gasteiger partial charge is 0.462 e. The van der Waals surface area contributed by atoms with Crippen LogP contribution in [0.2, 0.25) is 0 Å². The summed E-state index contributed by atoms with van der Waals surface area (Å²) in [5.74, 6) is -0.870. The molecule has 5 rings (SSSR count). The molecule has 220 valence electrons. The van der Waals surface area contributed by atoms with Crippen LogP contribution < -0.4 is 5.32 Å². The van der Waals surface area contributed by atoms with Crippen LogP contribution >= 0.6 is 0 Å². The first-order chi connectivity index (χ1) is 19.8. The number of nitrogens with one attached hydrogen (secondary N) is 1. The van der Waals surface area contributed by atoms with E-state index in [0.29, 0.717) is 93.3 Å². The lowest BCUT2D eigenvalue weighted by Crippen LogP contribution is -2.50. The quantitative estimate of drug-likeness (QED) is 0.534. The molecule has 0 unspecified atom stereocenters. The predicted octanol–water partition coefficient (Wildman–Crippen LogP) is 2.39. The summed E-state index contributed by atoms with van der Waals surface area (Å²) in [5, 5.41) is 8.01. The lowest BCUT2D eigenvalue weighted by atomic mass is 9.76. The van der Waals surface area contributed by atoms with Gasteiger partial charge in [-0.1, -0.05) is 13.8 Å². The number of hydrogen-bond acceptors (Lipinski definition) is 7. The van der Waals surface area contributed by atoms with Crippen LogP contribution in [-0.4, -0.2) is 95.8 Å². The summed E-state index contributed by atoms with van der Waals surface area (Å²) in [7, 11) is 0. The van der Waals surface area contributed by atoms with E-state index in [-0.39, 0.29) is 29.7 Å². The molecule has 2 aromatic rings. The number of aryl methyl sites for hydroxylation is 1. The minimum Gasteiger partial charge on any atom is -0.462 e. The molecule has 1 aromatic carbocycles. The lowest BCUT2D eigenvalue weighted by Gasteiger charge is -2.36. The van der Waals surface area contributed by atoms with Gasteiger partial charge in [-0.25, -0.2) is 9.48 Å².